The molecule has 0 saturated heterocycles. The zero-order valence-corrected chi connectivity index (χ0v) is 18.2. The molecule has 2 aromatic carbocycles. The summed E-state index contributed by atoms with van der Waals surface area (Å²) in [6, 6.07) is 8.32. The Kier molecular flexibility index (Phi) is 6.27. The van der Waals surface area contributed by atoms with Gasteiger partial charge in [0.15, 0.2) is 0 Å². The average molecular weight is 479 g/mol. The van der Waals surface area contributed by atoms with Crippen LogP contribution in [0.3, 0.4) is 0 Å². The molecule has 170 valence electrons. The van der Waals surface area contributed by atoms with E-state index >= 15 is 0 Å². The second-order valence-electron chi connectivity index (χ2n) is 7.09. The van der Waals surface area contributed by atoms with Crippen LogP contribution in [0.15, 0.2) is 47.4 Å². The van der Waals surface area contributed by atoms with Crippen LogP contribution in [-0.2, 0) is 30.5 Å². The quantitative estimate of drug-likeness (QED) is 0.591. The maximum Gasteiger partial charge on any atom is 0.416 e. The average Bonchev–Trinajstić information content (AvgIpc) is 2.66. The van der Waals surface area contributed by atoms with Crippen molar-refractivity contribution in [2.75, 3.05) is 23.7 Å². The highest BCUT2D eigenvalue weighted by molar-refractivity contribution is 7.92. The molecule has 0 amide bonds. The summed E-state index contributed by atoms with van der Waals surface area (Å²) in [7, 11) is -8.06. The standard InChI is InChI=1S/C19H20F3NO6S2/c1-13-6-7-18-17(10-13)23(12-15(29-18)8-9-28-30(2,24)25)31(26,27)16-5-3-4-14(11-16)19(20,21)22/h3-7,10-11,15H,8-9,12H2,1-2H3/t15-/m0/s1. The van der Waals surface area contributed by atoms with Crippen molar-refractivity contribution in [3.8, 4) is 5.75 Å². The number of nitrogens with zero attached hydrogens (tertiary/aromatic N) is 1. The first-order valence-corrected chi connectivity index (χ1v) is 12.3. The first kappa shape index (κ1) is 23.4. The monoisotopic (exact) mass is 479 g/mol. The Morgan fingerprint density at radius 1 is 1.13 bits per heavy atom. The van der Waals surface area contributed by atoms with Crippen LogP contribution < -0.4 is 9.04 Å². The molecule has 0 aromatic heterocycles. The number of alkyl halides is 3. The zero-order chi connectivity index (χ0) is 23.0. The van der Waals surface area contributed by atoms with E-state index in [9.17, 15) is 30.0 Å². The minimum atomic E-state index is -4.70. The minimum absolute atomic E-state index is 0.0506. The van der Waals surface area contributed by atoms with Gasteiger partial charge in [-0.1, -0.05) is 12.1 Å². The van der Waals surface area contributed by atoms with E-state index < -0.39 is 42.9 Å². The van der Waals surface area contributed by atoms with Gasteiger partial charge in [0, 0.05) is 6.42 Å². The second-order valence-corrected chi connectivity index (χ2v) is 10.6. The molecule has 0 aliphatic carbocycles. The molecule has 0 radical (unpaired) electrons. The Morgan fingerprint density at radius 3 is 2.48 bits per heavy atom. The van der Waals surface area contributed by atoms with Gasteiger partial charge in [-0.2, -0.15) is 21.6 Å². The lowest BCUT2D eigenvalue weighted by Crippen LogP contribution is -2.44. The fourth-order valence-corrected chi connectivity index (χ4v) is 5.03. The van der Waals surface area contributed by atoms with Crippen LogP contribution in [0.5, 0.6) is 5.75 Å². The number of rotatable bonds is 6. The topological polar surface area (TPSA) is 90.0 Å². The minimum Gasteiger partial charge on any atom is -0.486 e. The van der Waals surface area contributed by atoms with Gasteiger partial charge in [-0.25, -0.2) is 8.42 Å². The van der Waals surface area contributed by atoms with E-state index in [0.717, 1.165) is 34.3 Å². The van der Waals surface area contributed by atoms with Gasteiger partial charge in [0.25, 0.3) is 20.1 Å². The Balaban J connectivity index is 1.98. The summed E-state index contributed by atoms with van der Waals surface area (Å²) in [5, 5.41) is 0. The van der Waals surface area contributed by atoms with Crippen molar-refractivity contribution in [2.24, 2.45) is 0 Å². The molecule has 31 heavy (non-hydrogen) atoms. The van der Waals surface area contributed by atoms with Crippen molar-refractivity contribution in [3.05, 3.63) is 53.6 Å². The number of aryl methyl sites for hydroxylation is 1. The fraction of sp³-hybridized carbons (Fsp3) is 0.368. The van der Waals surface area contributed by atoms with Gasteiger partial charge in [0.2, 0.25) is 0 Å². The Labute approximate surface area is 178 Å². The van der Waals surface area contributed by atoms with E-state index in [2.05, 4.69) is 0 Å². The highest BCUT2D eigenvalue weighted by Crippen LogP contribution is 2.39. The lowest BCUT2D eigenvalue weighted by molar-refractivity contribution is -0.137. The van der Waals surface area contributed by atoms with E-state index in [1.165, 1.54) is 0 Å². The predicted molar refractivity (Wildman–Crippen MR) is 107 cm³/mol. The van der Waals surface area contributed by atoms with Gasteiger partial charge in [0.05, 0.1) is 35.6 Å². The van der Waals surface area contributed by atoms with Crippen LogP contribution in [0.25, 0.3) is 0 Å². The van der Waals surface area contributed by atoms with Crippen LogP contribution >= 0.6 is 0 Å². The second kappa shape index (κ2) is 8.32. The Bertz CT molecular complexity index is 1180. The summed E-state index contributed by atoms with van der Waals surface area (Å²) in [6.07, 6.45) is -4.53. The number of sulfonamides is 1. The summed E-state index contributed by atoms with van der Waals surface area (Å²) in [4.78, 5) is -0.511. The molecular formula is C19H20F3NO6S2. The predicted octanol–water partition coefficient (Wildman–Crippen LogP) is 3.34. The van der Waals surface area contributed by atoms with Crippen molar-refractivity contribution in [1.29, 1.82) is 0 Å². The molecule has 0 bridgehead atoms. The summed E-state index contributed by atoms with van der Waals surface area (Å²) in [6.45, 7) is 1.28. The first-order valence-electron chi connectivity index (χ1n) is 9.09. The Morgan fingerprint density at radius 2 is 1.84 bits per heavy atom. The van der Waals surface area contributed by atoms with Gasteiger partial charge in [0.1, 0.15) is 11.9 Å². The molecular weight excluding hydrogens is 459 g/mol. The van der Waals surface area contributed by atoms with Crippen molar-refractivity contribution in [3.63, 3.8) is 0 Å². The molecule has 0 unspecified atom stereocenters. The summed E-state index contributed by atoms with van der Waals surface area (Å²) < 4.78 is 99.7. The van der Waals surface area contributed by atoms with Crippen molar-refractivity contribution in [1.82, 2.24) is 0 Å². The van der Waals surface area contributed by atoms with Crippen LogP contribution in [0.1, 0.15) is 17.5 Å². The molecule has 1 aliphatic heterocycles. The number of anilines is 1. The van der Waals surface area contributed by atoms with E-state index in [1.807, 2.05) is 0 Å². The van der Waals surface area contributed by atoms with E-state index in [1.54, 1.807) is 25.1 Å². The number of benzene rings is 2. The third kappa shape index (κ3) is 5.49. The molecule has 3 rings (SSSR count). The van der Waals surface area contributed by atoms with E-state index in [0.29, 0.717) is 6.07 Å². The third-order valence-electron chi connectivity index (χ3n) is 4.53. The Hall–Kier alpha value is -2.31. The number of hydrogen-bond donors (Lipinski definition) is 0. The lowest BCUT2D eigenvalue weighted by Gasteiger charge is -2.35. The molecule has 0 saturated carbocycles. The normalized spacial score (nSPS) is 17.2. The van der Waals surface area contributed by atoms with Crippen molar-refractivity contribution < 1.29 is 38.9 Å². The molecule has 1 aliphatic rings. The molecule has 1 atom stereocenters. The molecule has 0 spiro atoms. The molecule has 0 N–H and O–H groups in total. The highest BCUT2D eigenvalue weighted by Gasteiger charge is 2.37. The van der Waals surface area contributed by atoms with Gasteiger partial charge < -0.3 is 4.74 Å². The van der Waals surface area contributed by atoms with Gasteiger partial charge in [-0.05, 0) is 42.8 Å². The van der Waals surface area contributed by atoms with E-state index in [4.69, 9.17) is 8.92 Å². The fourth-order valence-electron chi connectivity index (χ4n) is 3.09. The summed E-state index contributed by atoms with van der Waals surface area (Å²) in [5.74, 6) is 0.219. The molecule has 7 nitrogen and oxygen atoms in total. The van der Waals surface area contributed by atoms with Gasteiger partial charge in [-0.15, -0.1) is 0 Å². The van der Waals surface area contributed by atoms with Crippen molar-refractivity contribution >= 4 is 25.8 Å². The maximum absolute atomic E-state index is 13.3. The van der Waals surface area contributed by atoms with Crippen LogP contribution in [0.4, 0.5) is 18.9 Å². The number of hydrogen-bond acceptors (Lipinski definition) is 6. The SMILES string of the molecule is Cc1ccc2c(c1)N(S(=O)(=O)c1cccc(C(F)(F)F)c1)C[C@H](CCOS(C)(=O)=O)O2. The first-order chi connectivity index (χ1) is 14.3. The summed E-state index contributed by atoms with van der Waals surface area (Å²) >= 11 is 0. The van der Waals surface area contributed by atoms with Crippen LogP contribution in [0.2, 0.25) is 0 Å². The molecule has 1 heterocycles. The third-order valence-corrected chi connectivity index (χ3v) is 6.90. The number of halogens is 3. The van der Waals surface area contributed by atoms with Gasteiger partial charge in [-0.3, -0.25) is 8.49 Å². The molecule has 12 heteroatoms. The molecule has 0 fully saturated rings. The van der Waals surface area contributed by atoms with Crippen molar-refractivity contribution in [2.45, 2.75) is 30.5 Å². The largest absolute Gasteiger partial charge is 0.486 e. The summed E-state index contributed by atoms with van der Waals surface area (Å²) in [5.41, 5.74) is -0.160. The zero-order valence-electron chi connectivity index (χ0n) is 16.6. The highest BCUT2D eigenvalue weighted by atomic mass is 32.2. The lowest BCUT2D eigenvalue weighted by atomic mass is 10.1. The number of ether oxygens (including phenoxy) is 1. The smallest absolute Gasteiger partial charge is 0.416 e. The number of fused-ring (bicyclic) bond motifs is 1. The van der Waals surface area contributed by atoms with E-state index in [-0.39, 0.29) is 31.0 Å². The van der Waals surface area contributed by atoms with Crippen LogP contribution in [0, 0.1) is 6.92 Å². The van der Waals surface area contributed by atoms with Crippen LogP contribution in [-0.4, -0.2) is 42.3 Å². The van der Waals surface area contributed by atoms with Gasteiger partial charge >= 0.3 is 6.18 Å². The molecule has 2 aromatic rings. The maximum atomic E-state index is 13.3.